The number of hydrogen-bond acceptors (Lipinski definition) is 3. The minimum Gasteiger partial charge on any atom is -0.342 e. The molecule has 1 aromatic heterocycles. The molecule has 1 aliphatic rings. The molecule has 0 bridgehead atoms. The fraction of sp³-hybridized carbons (Fsp3) is 0.458. The summed E-state index contributed by atoms with van der Waals surface area (Å²) in [5.74, 6) is 0.168. The number of nitrogens with zero attached hydrogens (tertiary/aromatic N) is 2. The van der Waals surface area contributed by atoms with Gasteiger partial charge in [0, 0.05) is 42.9 Å². The Bertz CT molecular complexity index is 807. The van der Waals surface area contributed by atoms with E-state index in [-0.39, 0.29) is 23.0 Å². The van der Waals surface area contributed by atoms with Crippen LogP contribution in [0.2, 0.25) is 0 Å². The summed E-state index contributed by atoms with van der Waals surface area (Å²) in [5.41, 5.74) is 2.97. The lowest BCUT2D eigenvalue weighted by molar-refractivity contribution is -0.132. The fourth-order valence-corrected chi connectivity index (χ4v) is 3.73. The third-order valence-electron chi connectivity index (χ3n) is 5.50. The number of aryl methyl sites for hydroxylation is 1. The zero-order chi connectivity index (χ0) is 20.1. The van der Waals surface area contributed by atoms with E-state index in [4.69, 9.17) is 0 Å². The molecule has 28 heavy (non-hydrogen) atoms. The molecule has 1 fully saturated rings. The highest BCUT2D eigenvalue weighted by Gasteiger charge is 2.29. The van der Waals surface area contributed by atoms with Gasteiger partial charge in [0.25, 0.3) is 0 Å². The van der Waals surface area contributed by atoms with E-state index in [1.807, 2.05) is 47.4 Å². The summed E-state index contributed by atoms with van der Waals surface area (Å²) in [6.45, 7) is 7.77. The normalized spacial score (nSPS) is 17.4. The molecule has 2 aromatic rings. The molecular weight excluding hydrogens is 348 g/mol. The van der Waals surface area contributed by atoms with E-state index < -0.39 is 0 Å². The fourth-order valence-electron chi connectivity index (χ4n) is 3.73. The largest absolute Gasteiger partial charge is 0.342 e. The molecule has 2 heterocycles. The Morgan fingerprint density at radius 3 is 2.50 bits per heavy atom. The van der Waals surface area contributed by atoms with E-state index in [0.717, 1.165) is 30.6 Å². The van der Waals surface area contributed by atoms with Crippen molar-refractivity contribution in [2.45, 2.75) is 51.9 Å². The minimum atomic E-state index is -0.104. The van der Waals surface area contributed by atoms with Gasteiger partial charge in [-0.25, -0.2) is 0 Å². The number of ketones is 1. The maximum absolute atomic E-state index is 13.0. The zero-order valence-corrected chi connectivity index (χ0v) is 17.1. The summed E-state index contributed by atoms with van der Waals surface area (Å²) in [4.78, 5) is 31.7. The molecule has 1 saturated heterocycles. The van der Waals surface area contributed by atoms with Gasteiger partial charge in [-0.05, 0) is 42.4 Å². The molecule has 1 atom stereocenters. The van der Waals surface area contributed by atoms with Gasteiger partial charge in [0.15, 0.2) is 5.78 Å². The number of carbonyl (C=O) groups is 2. The van der Waals surface area contributed by atoms with Gasteiger partial charge >= 0.3 is 0 Å². The predicted octanol–water partition coefficient (Wildman–Crippen LogP) is 4.43. The molecule has 3 rings (SSSR count). The average Bonchev–Trinajstić information content (AvgIpc) is 2.72. The van der Waals surface area contributed by atoms with E-state index >= 15 is 0 Å². The van der Waals surface area contributed by atoms with Gasteiger partial charge in [0.1, 0.15) is 0 Å². The first-order chi connectivity index (χ1) is 13.3. The van der Waals surface area contributed by atoms with Crippen LogP contribution in [0, 0.1) is 5.92 Å². The van der Waals surface area contributed by atoms with Gasteiger partial charge in [-0.3, -0.25) is 14.6 Å². The molecule has 148 valence electrons. The van der Waals surface area contributed by atoms with Crippen molar-refractivity contribution in [3.05, 3.63) is 65.5 Å². The number of amides is 1. The topological polar surface area (TPSA) is 50.3 Å². The number of likely N-dealkylation sites (tertiary alicyclic amines) is 1. The molecular formula is C24H30N2O2. The van der Waals surface area contributed by atoms with Crippen LogP contribution in [0.5, 0.6) is 0 Å². The number of rotatable bonds is 5. The third kappa shape index (κ3) is 5.06. The number of Topliss-reactive ketones (excluding diaryl/α,β-unsaturated/α-hetero) is 1. The van der Waals surface area contributed by atoms with Crippen LogP contribution in [0.25, 0.3) is 0 Å². The van der Waals surface area contributed by atoms with Crippen molar-refractivity contribution in [1.29, 1.82) is 0 Å². The summed E-state index contributed by atoms with van der Waals surface area (Å²) >= 11 is 0. The summed E-state index contributed by atoms with van der Waals surface area (Å²) in [6, 6.07) is 13.7. The van der Waals surface area contributed by atoms with Crippen LogP contribution in [0.3, 0.4) is 0 Å². The number of pyridine rings is 1. The standard InChI is InChI=1S/C24H30N2O2/c1-24(2,3)20-11-9-18(10-12-20)23(28)19-7-6-16-26(17-19)22(27)14-13-21-8-4-5-15-25-21/h4-5,8-12,15,19H,6-7,13-14,16-17H2,1-3H3/t19-/m0/s1. The van der Waals surface area contributed by atoms with Crippen LogP contribution in [0.4, 0.5) is 0 Å². The lowest BCUT2D eigenvalue weighted by atomic mass is 9.85. The Labute approximate surface area is 168 Å². The first kappa shape index (κ1) is 20.2. The van der Waals surface area contributed by atoms with Gasteiger partial charge in [0.2, 0.25) is 5.91 Å². The molecule has 1 aliphatic heterocycles. The maximum Gasteiger partial charge on any atom is 0.222 e. The van der Waals surface area contributed by atoms with E-state index in [2.05, 4.69) is 25.8 Å². The molecule has 4 heteroatoms. The van der Waals surface area contributed by atoms with Crippen LogP contribution >= 0.6 is 0 Å². The van der Waals surface area contributed by atoms with Crippen LogP contribution in [-0.2, 0) is 16.6 Å². The van der Waals surface area contributed by atoms with Crippen LogP contribution in [0.1, 0.15) is 61.6 Å². The second kappa shape index (κ2) is 8.68. The smallest absolute Gasteiger partial charge is 0.222 e. The lowest BCUT2D eigenvalue weighted by Crippen LogP contribution is -2.42. The average molecular weight is 379 g/mol. The van der Waals surface area contributed by atoms with Gasteiger partial charge in [-0.15, -0.1) is 0 Å². The van der Waals surface area contributed by atoms with Gasteiger partial charge < -0.3 is 4.90 Å². The van der Waals surface area contributed by atoms with Crippen molar-refractivity contribution < 1.29 is 9.59 Å². The monoisotopic (exact) mass is 378 g/mol. The van der Waals surface area contributed by atoms with Gasteiger partial charge in [-0.2, -0.15) is 0 Å². The molecule has 0 spiro atoms. The molecule has 4 nitrogen and oxygen atoms in total. The highest BCUT2D eigenvalue weighted by molar-refractivity contribution is 5.98. The lowest BCUT2D eigenvalue weighted by Gasteiger charge is -2.32. The van der Waals surface area contributed by atoms with Crippen LogP contribution < -0.4 is 0 Å². The van der Waals surface area contributed by atoms with Crippen molar-refractivity contribution in [1.82, 2.24) is 9.88 Å². The van der Waals surface area contributed by atoms with Gasteiger partial charge in [0.05, 0.1) is 0 Å². The summed E-state index contributed by atoms with van der Waals surface area (Å²) in [7, 11) is 0. The predicted molar refractivity (Wildman–Crippen MR) is 111 cm³/mol. The quantitative estimate of drug-likeness (QED) is 0.723. The van der Waals surface area contributed by atoms with Crippen molar-refractivity contribution in [2.24, 2.45) is 5.92 Å². The molecule has 0 radical (unpaired) electrons. The second-order valence-corrected chi connectivity index (χ2v) is 8.69. The molecule has 0 aliphatic carbocycles. The van der Waals surface area contributed by atoms with Crippen molar-refractivity contribution in [2.75, 3.05) is 13.1 Å². The first-order valence-electron chi connectivity index (χ1n) is 10.2. The number of aromatic nitrogens is 1. The second-order valence-electron chi connectivity index (χ2n) is 8.69. The van der Waals surface area contributed by atoms with Crippen molar-refractivity contribution in [3.8, 4) is 0 Å². The molecule has 0 unspecified atom stereocenters. The molecule has 1 aromatic carbocycles. The SMILES string of the molecule is CC(C)(C)c1ccc(C(=O)[C@H]2CCCN(C(=O)CCc3ccccn3)C2)cc1. The zero-order valence-electron chi connectivity index (χ0n) is 17.1. The highest BCUT2D eigenvalue weighted by atomic mass is 16.2. The first-order valence-corrected chi connectivity index (χ1v) is 10.2. The van der Waals surface area contributed by atoms with E-state index in [1.165, 1.54) is 5.56 Å². The number of carbonyl (C=O) groups excluding carboxylic acids is 2. The van der Waals surface area contributed by atoms with Crippen molar-refractivity contribution in [3.63, 3.8) is 0 Å². The van der Waals surface area contributed by atoms with E-state index in [1.54, 1.807) is 6.20 Å². The Morgan fingerprint density at radius 2 is 1.86 bits per heavy atom. The molecule has 1 amide bonds. The van der Waals surface area contributed by atoms with Crippen LogP contribution in [-0.4, -0.2) is 34.7 Å². The Hall–Kier alpha value is -2.49. The highest BCUT2D eigenvalue weighted by Crippen LogP contribution is 2.25. The van der Waals surface area contributed by atoms with Gasteiger partial charge in [-0.1, -0.05) is 51.1 Å². The third-order valence-corrected chi connectivity index (χ3v) is 5.50. The number of piperidine rings is 1. The Morgan fingerprint density at radius 1 is 1.11 bits per heavy atom. The maximum atomic E-state index is 13.0. The summed E-state index contributed by atoms with van der Waals surface area (Å²) < 4.78 is 0. The van der Waals surface area contributed by atoms with Crippen LogP contribution in [0.15, 0.2) is 48.7 Å². The summed E-state index contributed by atoms with van der Waals surface area (Å²) in [6.07, 6.45) is 4.57. The Balaban J connectivity index is 1.59. The van der Waals surface area contributed by atoms with E-state index in [9.17, 15) is 9.59 Å². The molecule has 0 N–H and O–H groups in total. The summed E-state index contributed by atoms with van der Waals surface area (Å²) in [5, 5.41) is 0. The number of hydrogen-bond donors (Lipinski definition) is 0. The number of benzene rings is 1. The Kier molecular flexibility index (Phi) is 6.28. The molecule has 0 saturated carbocycles. The van der Waals surface area contributed by atoms with Crippen molar-refractivity contribution >= 4 is 11.7 Å². The minimum absolute atomic E-state index is 0.0727. The van der Waals surface area contributed by atoms with E-state index in [0.29, 0.717) is 19.4 Å².